The number of benzene rings is 7. The van der Waals surface area contributed by atoms with E-state index in [0.717, 1.165) is 16.7 Å². The molecule has 0 aromatic heterocycles. The maximum absolute atomic E-state index is 14.5. The third kappa shape index (κ3) is 14.1. The molecule has 0 radical (unpaired) electrons. The van der Waals surface area contributed by atoms with E-state index in [1.807, 2.05) is 91.0 Å². The van der Waals surface area contributed by atoms with Gasteiger partial charge in [-0.15, -0.1) is 0 Å². The Hall–Kier alpha value is -7.86. The molecule has 15 nitrogen and oxygen atoms in total. The molecule has 76 heavy (non-hydrogen) atoms. The van der Waals surface area contributed by atoms with E-state index in [1.165, 1.54) is 36.4 Å². The molecule has 2 aliphatic heterocycles. The summed E-state index contributed by atoms with van der Waals surface area (Å²) in [6.07, 6.45) is -14.9. The SMILES string of the molecule is O=C(OC[C@H]1O[C@@H](O[C@@H]2[C@H](OCc3ccccc3)[C@@H](OCc3ccccc3)[C@H](O)O[C@@H]2COCc2ccccc2)[C@H](OC(=O)c2ccccc2)[C@@H](OC(=O)c2ccccc2)[C@@H]1OC(=O)c1ccccc1)c1ccccc1. The van der Waals surface area contributed by atoms with Gasteiger partial charge in [0.1, 0.15) is 37.1 Å². The van der Waals surface area contributed by atoms with Crippen LogP contribution in [0.3, 0.4) is 0 Å². The number of esters is 4. The van der Waals surface area contributed by atoms with Crippen molar-refractivity contribution < 1.29 is 71.7 Å². The summed E-state index contributed by atoms with van der Waals surface area (Å²) in [7, 11) is 0. The molecule has 0 bridgehead atoms. The zero-order valence-corrected chi connectivity index (χ0v) is 41.2. The van der Waals surface area contributed by atoms with Gasteiger partial charge in [-0.25, -0.2) is 19.2 Å². The number of ether oxygens (including phenoxy) is 10. The predicted octanol–water partition coefficient (Wildman–Crippen LogP) is 8.74. The molecule has 0 saturated carbocycles. The molecule has 390 valence electrons. The van der Waals surface area contributed by atoms with Crippen molar-refractivity contribution in [2.75, 3.05) is 13.2 Å². The first-order valence-electron chi connectivity index (χ1n) is 24.8. The first-order chi connectivity index (χ1) is 37.3. The van der Waals surface area contributed by atoms with Crippen molar-refractivity contribution in [2.45, 2.75) is 81.2 Å². The fraction of sp³-hybridized carbons (Fsp3) is 0.246. The van der Waals surface area contributed by atoms with Gasteiger partial charge in [0.25, 0.3) is 0 Å². The molecule has 15 heteroatoms. The molecule has 7 aromatic carbocycles. The van der Waals surface area contributed by atoms with Gasteiger partial charge in [-0.1, -0.05) is 164 Å². The van der Waals surface area contributed by atoms with E-state index < -0.39 is 91.9 Å². The number of hydrogen-bond donors (Lipinski definition) is 1. The van der Waals surface area contributed by atoms with Crippen LogP contribution in [-0.4, -0.2) is 104 Å². The van der Waals surface area contributed by atoms with Gasteiger partial charge in [-0.3, -0.25) is 0 Å². The van der Waals surface area contributed by atoms with Crippen LogP contribution in [0.1, 0.15) is 58.1 Å². The van der Waals surface area contributed by atoms with Crippen molar-refractivity contribution in [1.29, 1.82) is 0 Å². The molecule has 0 aliphatic carbocycles. The van der Waals surface area contributed by atoms with Crippen LogP contribution in [-0.2, 0) is 67.2 Å². The molecule has 2 aliphatic rings. The quantitative estimate of drug-likeness (QED) is 0.0533. The number of hydrogen-bond acceptors (Lipinski definition) is 15. The summed E-state index contributed by atoms with van der Waals surface area (Å²) in [4.78, 5) is 56.8. The van der Waals surface area contributed by atoms with E-state index in [2.05, 4.69) is 0 Å². The highest BCUT2D eigenvalue weighted by Gasteiger charge is 2.57. The van der Waals surface area contributed by atoms with Gasteiger partial charge in [-0.05, 0) is 65.2 Å². The lowest BCUT2D eigenvalue weighted by Crippen LogP contribution is -2.67. The lowest BCUT2D eigenvalue weighted by Gasteiger charge is -2.49. The molecule has 10 atom stereocenters. The molecular formula is C61H56O15. The van der Waals surface area contributed by atoms with E-state index in [1.54, 1.807) is 84.9 Å². The Labute approximate surface area is 439 Å². The zero-order chi connectivity index (χ0) is 52.5. The van der Waals surface area contributed by atoms with Gasteiger partial charge in [-0.2, -0.15) is 0 Å². The fourth-order valence-electron chi connectivity index (χ4n) is 8.75. The van der Waals surface area contributed by atoms with E-state index in [9.17, 15) is 24.3 Å². The maximum atomic E-state index is 14.5. The Morgan fingerprint density at radius 1 is 0.368 bits per heavy atom. The van der Waals surface area contributed by atoms with Crippen molar-refractivity contribution in [3.05, 3.63) is 251 Å². The summed E-state index contributed by atoms with van der Waals surface area (Å²) in [6.45, 7) is -0.608. The van der Waals surface area contributed by atoms with E-state index in [4.69, 9.17) is 47.4 Å². The molecular weight excluding hydrogens is 973 g/mol. The molecule has 0 unspecified atom stereocenters. The van der Waals surface area contributed by atoms with Crippen molar-refractivity contribution in [3.8, 4) is 0 Å². The molecule has 9 rings (SSSR count). The Kier molecular flexibility index (Phi) is 18.5. The monoisotopic (exact) mass is 1030 g/mol. The second-order valence-corrected chi connectivity index (χ2v) is 17.9. The topological polar surface area (TPSA) is 181 Å². The number of aliphatic hydroxyl groups is 1. The largest absolute Gasteiger partial charge is 0.459 e. The highest BCUT2D eigenvalue weighted by atomic mass is 16.8. The third-order valence-electron chi connectivity index (χ3n) is 12.6. The fourth-order valence-corrected chi connectivity index (χ4v) is 8.75. The molecule has 1 N–H and O–H groups in total. The van der Waals surface area contributed by atoms with Gasteiger partial charge in [0.2, 0.25) is 0 Å². The van der Waals surface area contributed by atoms with E-state index in [0.29, 0.717) is 0 Å². The van der Waals surface area contributed by atoms with Crippen LogP contribution in [0.2, 0.25) is 0 Å². The lowest BCUT2D eigenvalue weighted by atomic mass is 9.95. The summed E-state index contributed by atoms with van der Waals surface area (Å²) >= 11 is 0. The summed E-state index contributed by atoms with van der Waals surface area (Å²) in [5, 5.41) is 11.9. The zero-order valence-electron chi connectivity index (χ0n) is 41.2. The Balaban J connectivity index is 1.15. The first-order valence-corrected chi connectivity index (χ1v) is 24.8. The van der Waals surface area contributed by atoms with Gasteiger partial charge in [0.05, 0.1) is 48.7 Å². The van der Waals surface area contributed by atoms with E-state index >= 15 is 0 Å². The predicted molar refractivity (Wildman–Crippen MR) is 274 cm³/mol. The number of rotatable bonds is 21. The van der Waals surface area contributed by atoms with Crippen LogP contribution in [0, 0.1) is 0 Å². The summed E-state index contributed by atoms with van der Waals surface area (Å²) < 4.78 is 64.8. The van der Waals surface area contributed by atoms with Gasteiger partial charge >= 0.3 is 23.9 Å². The van der Waals surface area contributed by atoms with Crippen molar-refractivity contribution in [1.82, 2.24) is 0 Å². The van der Waals surface area contributed by atoms with Crippen molar-refractivity contribution in [3.63, 3.8) is 0 Å². The summed E-state index contributed by atoms with van der Waals surface area (Å²) in [5.74, 6) is -3.38. The number of carbonyl (C=O) groups is 4. The number of carbonyl (C=O) groups excluding carboxylic acids is 4. The smallest absolute Gasteiger partial charge is 0.338 e. The van der Waals surface area contributed by atoms with Crippen LogP contribution in [0.15, 0.2) is 212 Å². The normalized spacial score (nSPS) is 23.1. The van der Waals surface area contributed by atoms with Crippen molar-refractivity contribution in [2.24, 2.45) is 0 Å². The summed E-state index contributed by atoms with van der Waals surface area (Å²) in [5.41, 5.74) is 2.98. The average molecular weight is 1030 g/mol. The lowest BCUT2D eigenvalue weighted by molar-refractivity contribution is -0.363. The number of aliphatic hydroxyl groups excluding tert-OH is 1. The second-order valence-electron chi connectivity index (χ2n) is 17.9. The van der Waals surface area contributed by atoms with Crippen LogP contribution >= 0.6 is 0 Å². The molecule has 7 aromatic rings. The van der Waals surface area contributed by atoms with Crippen molar-refractivity contribution >= 4 is 23.9 Å². The Morgan fingerprint density at radius 2 is 0.737 bits per heavy atom. The Morgan fingerprint density at radius 3 is 1.20 bits per heavy atom. The van der Waals surface area contributed by atoms with Crippen LogP contribution in [0.25, 0.3) is 0 Å². The van der Waals surface area contributed by atoms with Crippen LogP contribution in [0.5, 0.6) is 0 Å². The Bertz CT molecular complexity index is 2900. The molecule has 2 fully saturated rings. The molecule has 0 amide bonds. The minimum Gasteiger partial charge on any atom is -0.459 e. The van der Waals surface area contributed by atoms with Gasteiger partial charge < -0.3 is 52.5 Å². The highest BCUT2D eigenvalue weighted by Crippen LogP contribution is 2.36. The summed E-state index contributed by atoms with van der Waals surface area (Å²) in [6, 6.07) is 60.5. The maximum Gasteiger partial charge on any atom is 0.338 e. The molecule has 0 spiro atoms. The van der Waals surface area contributed by atoms with E-state index in [-0.39, 0.29) is 48.7 Å². The molecule has 2 saturated heterocycles. The minimum atomic E-state index is -1.77. The van der Waals surface area contributed by atoms with Crippen LogP contribution < -0.4 is 0 Å². The third-order valence-corrected chi connectivity index (χ3v) is 12.6. The molecule has 2 heterocycles. The minimum absolute atomic E-state index is 0.00566. The van der Waals surface area contributed by atoms with Crippen LogP contribution in [0.4, 0.5) is 0 Å². The average Bonchev–Trinajstić information content (AvgIpc) is 3.50. The van der Waals surface area contributed by atoms with Gasteiger partial charge in [0.15, 0.2) is 30.9 Å². The second kappa shape index (κ2) is 26.6. The van der Waals surface area contributed by atoms with Gasteiger partial charge in [0, 0.05) is 0 Å². The standard InChI is InChI=1S/C61H56O15/c62-56(44-28-14-4-15-29-44)70-40-49-51(73-57(63)45-30-16-5-17-31-45)53(74-58(64)46-32-18-6-19-33-46)55(75-59(65)47-34-20-7-21-35-47)61(72-49)76-50-48(39-67-36-41-22-8-1-9-23-41)71-60(66)54(69-38-43-26-12-3-13-27-43)52(50)68-37-42-24-10-2-11-25-42/h1-35,48-55,60-61,66H,36-40H2/t48-,49-,50+,51-,52+,53+,54-,55-,60-,61+/m1/s1. The first kappa shape index (κ1) is 53.0. The highest BCUT2D eigenvalue weighted by molar-refractivity contribution is 5.91.